The largest absolute Gasteiger partial charge is 0.372 e. The molecule has 0 radical (unpaired) electrons. The minimum absolute atomic E-state index is 0.0455. The Morgan fingerprint density at radius 3 is 2.74 bits per heavy atom. The Bertz CT molecular complexity index is 750. The predicted octanol–water partition coefficient (Wildman–Crippen LogP) is 2.66. The summed E-state index contributed by atoms with van der Waals surface area (Å²) in [7, 11) is 0. The number of hydrogen-bond acceptors (Lipinski definition) is 6. The van der Waals surface area contributed by atoms with Crippen molar-refractivity contribution in [3.05, 3.63) is 35.9 Å². The molecule has 146 valence electrons. The lowest BCUT2D eigenvalue weighted by Gasteiger charge is -2.50. The van der Waals surface area contributed by atoms with Gasteiger partial charge in [0.15, 0.2) is 0 Å². The van der Waals surface area contributed by atoms with Crippen molar-refractivity contribution in [1.82, 2.24) is 24.6 Å². The molecular weight excluding hydrogens is 340 g/mol. The van der Waals surface area contributed by atoms with Gasteiger partial charge in [0.05, 0.1) is 11.8 Å². The number of rotatable bonds is 7. The Kier molecular flexibility index (Phi) is 5.14. The smallest absolute Gasteiger partial charge is 0.222 e. The summed E-state index contributed by atoms with van der Waals surface area (Å²) >= 11 is 0. The van der Waals surface area contributed by atoms with E-state index in [2.05, 4.69) is 45.3 Å². The van der Waals surface area contributed by atoms with Crippen molar-refractivity contribution in [3.63, 3.8) is 0 Å². The van der Waals surface area contributed by atoms with Crippen molar-refractivity contribution >= 4 is 5.95 Å². The van der Waals surface area contributed by atoms with E-state index in [1.165, 1.54) is 5.56 Å². The quantitative estimate of drug-likeness (QED) is 0.808. The summed E-state index contributed by atoms with van der Waals surface area (Å²) in [4.78, 5) is 11.1. The van der Waals surface area contributed by atoms with Gasteiger partial charge in [-0.3, -0.25) is 9.58 Å². The first-order chi connectivity index (χ1) is 13.0. The van der Waals surface area contributed by atoms with E-state index >= 15 is 0 Å². The molecule has 1 spiro atoms. The van der Waals surface area contributed by atoms with E-state index in [9.17, 15) is 0 Å². The third kappa shape index (κ3) is 3.99. The zero-order valence-electron chi connectivity index (χ0n) is 16.6. The highest BCUT2D eigenvalue weighted by atomic mass is 16.5. The fourth-order valence-electron chi connectivity index (χ4n) is 4.21. The molecule has 0 bridgehead atoms. The molecule has 0 aliphatic carbocycles. The van der Waals surface area contributed by atoms with Gasteiger partial charge in [0.1, 0.15) is 0 Å². The standard InChI is InChI=1S/C20H30N6O/c1-15(2)26-12-17(10-24-26)11-25-13-20(14-25)18(5-7-27-20)4-6-21-19-22-8-16(3)9-23-19/h8-10,12,15,18H,4-7,11,13-14H2,1-3H3,(H,21,22,23)/t18-/m1/s1. The van der Waals surface area contributed by atoms with E-state index in [-0.39, 0.29) is 5.60 Å². The lowest BCUT2D eigenvalue weighted by molar-refractivity contribution is -0.136. The van der Waals surface area contributed by atoms with Crippen LogP contribution in [0, 0.1) is 12.8 Å². The van der Waals surface area contributed by atoms with Crippen molar-refractivity contribution in [1.29, 1.82) is 0 Å². The highest BCUT2D eigenvalue weighted by molar-refractivity contribution is 5.24. The third-order valence-electron chi connectivity index (χ3n) is 5.73. The molecule has 1 N–H and O–H groups in total. The van der Waals surface area contributed by atoms with Gasteiger partial charge in [-0.25, -0.2) is 9.97 Å². The van der Waals surface area contributed by atoms with Crippen LogP contribution < -0.4 is 5.32 Å². The van der Waals surface area contributed by atoms with Gasteiger partial charge in [-0.1, -0.05) is 0 Å². The maximum atomic E-state index is 6.20. The predicted molar refractivity (Wildman–Crippen MR) is 105 cm³/mol. The van der Waals surface area contributed by atoms with Crippen molar-refractivity contribution in [3.8, 4) is 0 Å². The normalized spacial score (nSPS) is 21.7. The summed E-state index contributed by atoms with van der Waals surface area (Å²) in [6.07, 6.45) is 10.1. The molecule has 1 atom stereocenters. The van der Waals surface area contributed by atoms with Crippen LogP contribution in [0.1, 0.15) is 43.9 Å². The molecule has 2 aliphatic heterocycles. The maximum Gasteiger partial charge on any atom is 0.222 e. The monoisotopic (exact) mass is 370 g/mol. The lowest BCUT2D eigenvalue weighted by Crippen LogP contribution is -2.64. The van der Waals surface area contributed by atoms with Gasteiger partial charge < -0.3 is 10.1 Å². The van der Waals surface area contributed by atoms with Gasteiger partial charge in [0.25, 0.3) is 0 Å². The van der Waals surface area contributed by atoms with E-state index < -0.39 is 0 Å². The number of nitrogens with zero attached hydrogens (tertiary/aromatic N) is 5. The van der Waals surface area contributed by atoms with Crippen LogP contribution in [0.2, 0.25) is 0 Å². The Hall–Kier alpha value is -1.99. The number of ether oxygens (including phenoxy) is 1. The van der Waals surface area contributed by atoms with Crippen molar-refractivity contribution in [2.45, 2.75) is 51.8 Å². The fraction of sp³-hybridized carbons (Fsp3) is 0.650. The second-order valence-corrected chi connectivity index (χ2v) is 8.27. The highest BCUT2D eigenvalue weighted by Crippen LogP contribution is 2.42. The van der Waals surface area contributed by atoms with Gasteiger partial charge in [-0.2, -0.15) is 5.10 Å². The minimum Gasteiger partial charge on any atom is -0.372 e. The maximum absolute atomic E-state index is 6.20. The van der Waals surface area contributed by atoms with Gasteiger partial charge in [-0.15, -0.1) is 0 Å². The van der Waals surface area contributed by atoms with E-state index in [4.69, 9.17) is 4.74 Å². The van der Waals surface area contributed by atoms with Crippen LogP contribution >= 0.6 is 0 Å². The second-order valence-electron chi connectivity index (χ2n) is 8.27. The molecule has 4 heterocycles. The first kappa shape index (κ1) is 18.4. The number of nitrogens with one attached hydrogen (secondary N) is 1. The second kappa shape index (κ2) is 7.56. The lowest BCUT2D eigenvalue weighted by atomic mass is 9.79. The molecule has 7 nitrogen and oxygen atoms in total. The zero-order chi connectivity index (χ0) is 18.9. The minimum atomic E-state index is 0.0455. The molecule has 2 aliphatic rings. The van der Waals surface area contributed by atoms with Crippen molar-refractivity contribution < 1.29 is 4.74 Å². The topological polar surface area (TPSA) is 68.1 Å². The van der Waals surface area contributed by atoms with Crippen LogP contribution in [0.15, 0.2) is 24.8 Å². The summed E-state index contributed by atoms with van der Waals surface area (Å²) in [5.74, 6) is 1.32. The number of aryl methyl sites for hydroxylation is 1. The Balaban J connectivity index is 1.25. The molecule has 4 rings (SSSR count). The molecule has 2 aromatic heterocycles. The summed E-state index contributed by atoms with van der Waals surface area (Å²) in [5.41, 5.74) is 2.41. The average molecular weight is 371 g/mol. The summed E-state index contributed by atoms with van der Waals surface area (Å²) < 4.78 is 8.22. The van der Waals surface area contributed by atoms with Gasteiger partial charge in [-0.05, 0) is 45.1 Å². The van der Waals surface area contributed by atoms with E-state index in [0.29, 0.717) is 17.9 Å². The molecule has 2 fully saturated rings. The van der Waals surface area contributed by atoms with Crippen LogP contribution in [0.25, 0.3) is 0 Å². The molecule has 0 unspecified atom stereocenters. The van der Waals surface area contributed by atoms with Crippen LogP contribution in [0.4, 0.5) is 5.95 Å². The zero-order valence-corrected chi connectivity index (χ0v) is 16.6. The molecule has 27 heavy (non-hydrogen) atoms. The molecule has 7 heteroatoms. The molecular formula is C20H30N6O. The van der Waals surface area contributed by atoms with Gasteiger partial charge >= 0.3 is 0 Å². The van der Waals surface area contributed by atoms with Crippen molar-refractivity contribution in [2.24, 2.45) is 5.92 Å². The summed E-state index contributed by atoms with van der Waals surface area (Å²) in [6, 6.07) is 0.411. The average Bonchev–Trinajstić information content (AvgIpc) is 3.24. The Labute approximate surface area is 161 Å². The van der Waals surface area contributed by atoms with Gasteiger partial charge in [0, 0.05) is 63.0 Å². The van der Waals surface area contributed by atoms with E-state index in [1.54, 1.807) is 0 Å². The first-order valence-electron chi connectivity index (χ1n) is 9.96. The molecule has 0 saturated carbocycles. The molecule has 0 aromatic carbocycles. The van der Waals surface area contributed by atoms with E-state index in [1.807, 2.05) is 30.2 Å². The summed E-state index contributed by atoms with van der Waals surface area (Å²) in [5, 5.41) is 7.79. The van der Waals surface area contributed by atoms with Crippen LogP contribution in [-0.4, -0.2) is 56.5 Å². The fourth-order valence-corrected chi connectivity index (χ4v) is 4.21. The SMILES string of the molecule is Cc1cnc(NCC[C@@H]2CCOC23CN(Cc2cnn(C(C)C)c2)C3)nc1. The van der Waals surface area contributed by atoms with Crippen LogP contribution in [0.3, 0.4) is 0 Å². The highest BCUT2D eigenvalue weighted by Gasteiger charge is 2.52. The molecule has 0 amide bonds. The van der Waals surface area contributed by atoms with Gasteiger partial charge in [0.2, 0.25) is 5.95 Å². The Morgan fingerprint density at radius 1 is 1.26 bits per heavy atom. The Morgan fingerprint density at radius 2 is 2.04 bits per heavy atom. The molecule has 2 aromatic rings. The van der Waals surface area contributed by atoms with Crippen LogP contribution in [0.5, 0.6) is 0 Å². The number of likely N-dealkylation sites (tertiary alicyclic amines) is 1. The van der Waals surface area contributed by atoms with Crippen LogP contribution in [-0.2, 0) is 11.3 Å². The number of hydrogen-bond donors (Lipinski definition) is 1. The summed E-state index contributed by atoms with van der Waals surface area (Å²) in [6.45, 7) is 11.1. The van der Waals surface area contributed by atoms with Crippen molar-refractivity contribution in [2.75, 3.05) is 31.6 Å². The van der Waals surface area contributed by atoms with E-state index in [0.717, 1.165) is 51.2 Å². The number of aromatic nitrogens is 4. The number of anilines is 1. The first-order valence-corrected chi connectivity index (χ1v) is 9.96. The molecule has 2 saturated heterocycles. The third-order valence-corrected chi connectivity index (χ3v) is 5.73.